The molecule has 8 heteroatoms. The Morgan fingerprint density at radius 3 is 2.52 bits per heavy atom. The van der Waals surface area contributed by atoms with Crippen LogP contribution < -0.4 is 4.74 Å². The number of phenolic OH excluding ortho intramolecular Hbond substituents is 1. The minimum atomic E-state index is -0.962. The summed E-state index contributed by atoms with van der Waals surface area (Å²) in [6.45, 7) is -0.0170. The van der Waals surface area contributed by atoms with E-state index in [2.05, 4.69) is 0 Å². The van der Waals surface area contributed by atoms with Gasteiger partial charge in [-0.25, -0.2) is 4.39 Å². The lowest BCUT2D eigenvalue weighted by Crippen LogP contribution is -2.29. The molecule has 7 nitrogen and oxygen atoms in total. The second-order valence-corrected chi connectivity index (χ2v) is 6.95. The highest BCUT2D eigenvalue weighted by atomic mass is 19.1. The van der Waals surface area contributed by atoms with E-state index in [1.807, 2.05) is 0 Å². The van der Waals surface area contributed by atoms with E-state index in [1.54, 1.807) is 24.3 Å². The molecule has 2 heterocycles. The van der Waals surface area contributed by atoms with Crippen molar-refractivity contribution in [3.8, 4) is 11.5 Å². The molecule has 0 spiro atoms. The van der Waals surface area contributed by atoms with E-state index in [-0.39, 0.29) is 29.2 Å². The van der Waals surface area contributed by atoms with E-state index >= 15 is 0 Å². The predicted molar refractivity (Wildman–Crippen MR) is 108 cm³/mol. The van der Waals surface area contributed by atoms with Gasteiger partial charge in [0.25, 0.3) is 11.7 Å². The van der Waals surface area contributed by atoms with Crippen LogP contribution in [0.1, 0.15) is 22.9 Å². The molecule has 1 amide bonds. The summed E-state index contributed by atoms with van der Waals surface area (Å²) in [6.07, 6.45) is 1.45. The number of halogens is 1. The van der Waals surface area contributed by atoms with E-state index in [9.17, 15) is 24.2 Å². The summed E-state index contributed by atoms with van der Waals surface area (Å²) in [6, 6.07) is 12.0. The summed E-state index contributed by atoms with van der Waals surface area (Å²) in [5, 5.41) is 20.6. The van der Waals surface area contributed by atoms with Crippen LogP contribution in [-0.4, -0.2) is 33.9 Å². The average Bonchev–Trinajstić information content (AvgIpc) is 3.36. The van der Waals surface area contributed by atoms with E-state index < -0.39 is 29.3 Å². The number of Topliss-reactive ketones (excluding diaryl/α,β-unsaturated/α-hetero) is 1. The summed E-state index contributed by atoms with van der Waals surface area (Å²) in [5.74, 6) is -2.55. The molecule has 0 bridgehead atoms. The first-order valence-corrected chi connectivity index (χ1v) is 9.34. The van der Waals surface area contributed by atoms with Crippen molar-refractivity contribution in [2.24, 2.45) is 0 Å². The van der Waals surface area contributed by atoms with E-state index in [1.165, 1.54) is 42.5 Å². The molecule has 0 saturated carbocycles. The van der Waals surface area contributed by atoms with Gasteiger partial charge >= 0.3 is 0 Å². The third-order valence-corrected chi connectivity index (χ3v) is 5.08. The fraction of sp³-hybridized carbons (Fsp3) is 0.130. The minimum absolute atomic E-state index is 0.00367. The number of phenols is 1. The predicted octanol–water partition coefficient (Wildman–Crippen LogP) is 3.75. The zero-order valence-electron chi connectivity index (χ0n) is 16.4. The number of ether oxygens (including phenoxy) is 1. The second-order valence-electron chi connectivity index (χ2n) is 6.95. The number of hydrogen-bond donors (Lipinski definition) is 2. The lowest BCUT2D eigenvalue weighted by atomic mass is 9.95. The number of aliphatic hydroxyl groups excluding tert-OH is 1. The summed E-state index contributed by atoms with van der Waals surface area (Å²) < 4.78 is 24.4. The Morgan fingerprint density at radius 1 is 1.16 bits per heavy atom. The number of ketones is 1. The Kier molecular flexibility index (Phi) is 5.21. The standard InChI is InChI=1S/C23H18FNO6/c1-30-18-9-6-14(11-17(18)24)21(27)19-20(13-4-7-15(26)8-5-13)25(23(29)22(19)28)12-16-3-2-10-31-16/h2-11,20,26-27H,12H2,1H3/b21-19-. The first kappa shape index (κ1) is 20.2. The number of likely N-dealkylation sites (tertiary alicyclic amines) is 1. The zero-order chi connectivity index (χ0) is 22.1. The molecule has 2 N–H and O–H groups in total. The van der Waals surface area contributed by atoms with Gasteiger partial charge in [0.15, 0.2) is 11.6 Å². The summed E-state index contributed by atoms with van der Waals surface area (Å²) in [5.41, 5.74) is 0.323. The third kappa shape index (κ3) is 3.63. The number of furan rings is 1. The van der Waals surface area contributed by atoms with Crippen molar-refractivity contribution in [2.45, 2.75) is 12.6 Å². The zero-order valence-corrected chi connectivity index (χ0v) is 16.4. The van der Waals surface area contributed by atoms with Gasteiger partial charge in [0.05, 0.1) is 31.5 Å². The molecule has 1 aromatic heterocycles. The van der Waals surface area contributed by atoms with E-state index in [0.717, 1.165) is 6.07 Å². The molecule has 158 valence electrons. The van der Waals surface area contributed by atoms with Crippen LogP contribution in [0.15, 0.2) is 70.9 Å². The molecule has 0 radical (unpaired) electrons. The van der Waals surface area contributed by atoms with Gasteiger partial charge in [0.2, 0.25) is 0 Å². The SMILES string of the molecule is COc1ccc(/C(O)=C2/C(=O)C(=O)N(Cc3ccco3)C2c2ccc(O)cc2)cc1F. The smallest absolute Gasteiger partial charge is 0.296 e. The van der Waals surface area contributed by atoms with Crippen molar-refractivity contribution < 1.29 is 33.3 Å². The van der Waals surface area contributed by atoms with Crippen molar-refractivity contribution >= 4 is 17.4 Å². The van der Waals surface area contributed by atoms with Crippen molar-refractivity contribution in [3.63, 3.8) is 0 Å². The Morgan fingerprint density at radius 2 is 1.90 bits per heavy atom. The Balaban J connectivity index is 1.86. The molecule has 1 fully saturated rings. The van der Waals surface area contributed by atoms with Crippen LogP contribution in [0.2, 0.25) is 0 Å². The number of carbonyl (C=O) groups excluding carboxylic acids is 2. The number of nitrogens with zero attached hydrogens (tertiary/aromatic N) is 1. The van der Waals surface area contributed by atoms with Crippen LogP contribution in [0.3, 0.4) is 0 Å². The van der Waals surface area contributed by atoms with E-state index in [4.69, 9.17) is 9.15 Å². The van der Waals surface area contributed by atoms with Crippen molar-refractivity contribution in [1.29, 1.82) is 0 Å². The normalized spacial score (nSPS) is 17.9. The maximum absolute atomic E-state index is 14.2. The number of carbonyl (C=O) groups is 2. The fourth-order valence-corrected chi connectivity index (χ4v) is 3.59. The van der Waals surface area contributed by atoms with E-state index in [0.29, 0.717) is 11.3 Å². The van der Waals surface area contributed by atoms with Crippen LogP contribution in [0.25, 0.3) is 5.76 Å². The van der Waals surface area contributed by atoms with Gasteiger partial charge < -0.3 is 24.3 Å². The highest BCUT2D eigenvalue weighted by molar-refractivity contribution is 6.46. The van der Waals surface area contributed by atoms with Gasteiger partial charge in [0.1, 0.15) is 17.3 Å². The molecule has 1 atom stereocenters. The van der Waals surface area contributed by atoms with Crippen molar-refractivity contribution in [2.75, 3.05) is 7.11 Å². The van der Waals surface area contributed by atoms with Crippen molar-refractivity contribution in [3.05, 3.63) is 89.1 Å². The number of amides is 1. The lowest BCUT2D eigenvalue weighted by molar-refractivity contribution is -0.140. The number of methoxy groups -OCH3 is 1. The molecule has 2 aromatic carbocycles. The third-order valence-electron chi connectivity index (χ3n) is 5.08. The maximum atomic E-state index is 14.2. The molecule has 1 saturated heterocycles. The van der Waals surface area contributed by atoms with Gasteiger partial charge in [-0.3, -0.25) is 9.59 Å². The number of aromatic hydroxyl groups is 1. The average molecular weight is 423 g/mol. The Hall–Kier alpha value is -4.07. The number of benzene rings is 2. The van der Waals surface area contributed by atoms with Gasteiger partial charge in [-0.1, -0.05) is 12.1 Å². The van der Waals surface area contributed by atoms with Crippen LogP contribution in [0.5, 0.6) is 11.5 Å². The highest BCUT2D eigenvalue weighted by Gasteiger charge is 2.46. The minimum Gasteiger partial charge on any atom is -0.508 e. The molecule has 31 heavy (non-hydrogen) atoms. The largest absolute Gasteiger partial charge is 0.508 e. The number of hydrogen-bond acceptors (Lipinski definition) is 6. The molecule has 4 rings (SSSR count). The molecular weight excluding hydrogens is 405 g/mol. The first-order chi connectivity index (χ1) is 14.9. The summed E-state index contributed by atoms with van der Waals surface area (Å²) >= 11 is 0. The first-order valence-electron chi connectivity index (χ1n) is 9.34. The highest BCUT2D eigenvalue weighted by Crippen LogP contribution is 2.41. The number of rotatable bonds is 5. The van der Waals surface area contributed by atoms with Gasteiger partial charge in [-0.15, -0.1) is 0 Å². The summed E-state index contributed by atoms with van der Waals surface area (Å²) in [7, 11) is 1.31. The van der Waals surface area contributed by atoms with Gasteiger partial charge in [0, 0.05) is 5.56 Å². The molecule has 1 aliphatic rings. The second kappa shape index (κ2) is 7.98. The van der Waals surface area contributed by atoms with Crippen LogP contribution in [0.4, 0.5) is 4.39 Å². The van der Waals surface area contributed by atoms with Crippen LogP contribution >= 0.6 is 0 Å². The summed E-state index contributed by atoms with van der Waals surface area (Å²) in [4.78, 5) is 27.0. The molecule has 0 aliphatic carbocycles. The Labute approximate surface area is 176 Å². The quantitative estimate of drug-likeness (QED) is 0.368. The fourth-order valence-electron chi connectivity index (χ4n) is 3.59. The van der Waals surface area contributed by atoms with Crippen molar-refractivity contribution in [1.82, 2.24) is 4.90 Å². The maximum Gasteiger partial charge on any atom is 0.296 e. The van der Waals surface area contributed by atoms with Gasteiger partial charge in [-0.2, -0.15) is 0 Å². The number of aliphatic hydroxyl groups is 1. The molecule has 3 aromatic rings. The lowest BCUT2D eigenvalue weighted by Gasteiger charge is -2.24. The van der Waals surface area contributed by atoms with Crippen LogP contribution in [-0.2, 0) is 16.1 Å². The van der Waals surface area contributed by atoms with Crippen LogP contribution in [0, 0.1) is 5.82 Å². The Bertz CT molecular complexity index is 1170. The monoisotopic (exact) mass is 423 g/mol. The van der Waals surface area contributed by atoms with Gasteiger partial charge in [-0.05, 0) is 48.0 Å². The molecule has 1 aliphatic heterocycles. The molecular formula is C23H18FNO6. The topological polar surface area (TPSA) is 100 Å². The molecule has 1 unspecified atom stereocenters.